The average Bonchev–Trinajstić information content (AvgIpc) is 3.14. The molecule has 0 aliphatic carbocycles. The van der Waals surface area contributed by atoms with Gasteiger partial charge in [-0.1, -0.05) is 65.7 Å². The molecular weight excluding hydrogens is 521 g/mol. The number of aromatic nitrogens is 1. The second-order valence-electron chi connectivity index (χ2n) is 6.97. The normalized spacial score (nSPS) is 11.9. The summed E-state index contributed by atoms with van der Waals surface area (Å²) in [5.41, 5.74) is 3.09. The standard InChI is InChI=1S/C23H19Cl2N3O2S2.ClH/c1-28-21(15-31-23(28)27-18-8-3-2-4-9-18)16-11-12-20(25)22(13-16)32(29,30)26-14-17-7-5-6-10-19(17)24;/h2-13,15,26H,14H2,1H3;1H/b27-23+;. The van der Waals surface area contributed by atoms with Gasteiger partial charge in [0.1, 0.15) is 4.90 Å². The fraction of sp³-hybridized carbons (Fsp3) is 0.0870. The lowest BCUT2D eigenvalue weighted by Gasteiger charge is -2.11. The molecule has 1 aromatic heterocycles. The summed E-state index contributed by atoms with van der Waals surface area (Å²) in [5, 5.41) is 2.58. The van der Waals surface area contributed by atoms with E-state index < -0.39 is 10.0 Å². The molecule has 0 atom stereocenters. The van der Waals surface area contributed by atoms with Crippen LogP contribution in [0.3, 0.4) is 0 Å². The first kappa shape index (κ1) is 25.5. The largest absolute Gasteiger partial charge is 0.320 e. The number of sulfonamides is 1. The van der Waals surface area contributed by atoms with Gasteiger partial charge in [0.25, 0.3) is 0 Å². The number of hydrogen-bond acceptors (Lipinski definition) is 4. The molecule has 0 aliphatic heterocycles. The summed E-state index contributed by atoms with van der Waals surface area (Å²) >= 11 is 13.9. The van der Waals surface area contributed by atoms with Gasteiger partial charge in [-0.25, -0.2) is 18.1 Å². The Labute approximate surface area is 212 Å². The van der Waals surface area contributed by atoms with Crippen LogP contribution in [0.25, 0.3) is 11.3 Å². The smallest absolute Gasteiger partial charge is 0.242 e. The third-order valence-corrected chi connectivity index (χ3v) is 8.00. The second-order valence-corrected chi connectivity index (χ2v) is 10.4. The van der Waals surface area contributed by atoms with E-state index in [2.05, 4.69) is 9.71 Å². The molecule has 10 heteroatoms. The highest BCUT2D eigenvalue weighted by Gasteiger charge is 2.20. The van der Waals surface area contributed by atoms with Crippen LogP contribution in [0, 0.1) is 0 Å². The third kappa shape index (κ3) is 5.87. The van der Waals surface area contributed by atoms with Gasteiger partial charge in [-0.15, -0.1) is 23.7 Å². The Kier molecular flexibility index (Phi) is 8.39. The summed E-state index contributed by atoms with van der Waals surface area (Å²) in [6.45, 7) is 0.0644. The average molecular weight is 541 g/mol. The van der Waals surface area contributed by atoms with Crippen LogP contribution in [-0.4, -0.2) is 13.0 Å². The zero-order valence-electron chi connectivity index (χ0n) is 17.4. The molecule has 0 fully saturated rings. The van der Waals surface area contributed by atoms with Crippen LogP contribution in [-0.2, 0) is 23.6 Å². The number of thiazole rings is 1. The Morgan fingerprint density at radius 1 is 0.970 bits per heavy atom. The molecule has 3 aromatic carbocycles. The van der Waals surface area contributed by atoms with Crippen LogP contribution in [0.4, 0.5) is 5.69 Å². The molecule has 0 saturated heterocycles. The molecule has 0 bridgehead atoms. The topological polar surface area (TPSA) is 63.5 Å². The Morgan fingerprint density at radius 2 is 1.67 bits per heavy atom. The minimum absolute atomic E-state index is 0. The van der Waals surface area contributed by atoms with Crippen LogP contribution < -0.4 is 9.52 Å². The van der Waals surface area contributed by atoms with Crippen LogP contribution in [0.15, 0.2) is 88.1 Å². The fourth-order valence-corrected chi connectivity index (χ4v) is 5.77. The van der Waals surface area contributed by atoms with Crippen molar-refractivity contribution in [1.82, 2.24) is 9.29 Å². The summed E-state index contributed by atoms with van der Waals surface area (Å²) in [7, 11) is -1.97. The van der Waals surface area contributed by atoms with Crippen LogP contribution in [0.5, 0.6) is 0 Å². The lowest BCUT2D eigenvalue weighted by atomic mass is 10.2. The van der Waals surface area contributed by atoms with Crippen molar-refractivity contribution in [1.29, 1.82) is 0 Å². The number of nitrogens with one attached hydrogen (secondary N) is 1. The number of para-hydroxylation sites is 1. The maximum absolute atomic E-state index is 13.0. The predicted molar refractivity (Wildman–Crippen MR) is 138 cm³/mol. The molecule has 33 heavy (non-hydrogen) atoms. The van der Waals surface area contributed by atoms with Gasteiger partial charge in [-0.2, -0.15) is 0 Å². The van der Waals surface area contributed by atoms with E-state index in [1.165, 1.54) is 11.3 Å². The molecule has 0 radical (unpaired) electrons. The molecule has 5 nitrogen and oxygen atoms in total. The molecule has 0 aliphatic rings. The molecule has 1 heterocycles. The quantitative estimate of drug-likeness (QED) is 0.317. The zero-order valence-corrected chi connectivity index (χ0v) is 21.4. The van der Waals surface area contributed by atoms with Gasteiger partial charge in [-0.05, 0) is 35.9 Å². The fourth-order valence-electron chi connectivity index (χ4n) is 3.11. The number of nitrogens with zero attached hydrogens (tertiary/aromatic N) is 2. The maximum atomic E-state index is 13.0. The van der Waals surface area contributed by atoms with E-state index in [4.69, 9.17) is 23.2 Å². The molecular formula is C23H20Cl3N3O2S2. The number of hydrogen-bond donors (Lipinski definition) is 1. The summed E-state index contributed by atoms with van der Waals surface area (Å²) in [5.74, 6) is 0. The molecule has 4 aromatic rings. The van der Waals surface area contributed by atoms with E-state index in [9.17, 15) is 8.42 Å². The van der Waals surface area contributed by atoms with Crippen molar-refractivity contribution in [2.75, 3.05) is 0 Å². The lowest BCUT2D eigenvalue weighted by molar-refractivity contribution is 0.581. The first-order valence-electron chi connectivity index (χ1n) is 9.62. The van der Waals surface area contributed by atoms with E-state index in [0.29, 0.717) is 10.6 Å². The van der Waals surface area contributed by atoms with Gasteiger partial charge < -0.3 is 4.57 Å². The van der Waals surface area contributed by atoms with E-state index in [1.54, 1.807) is 42.5 Å². The molecule has 0 saturated carbocycles. The summed E-state index contributed by atoms with van der Waals surface area (Å²) < 4.78 is 30.5. The van der Waals surface area contributed by atoms with Gasteiger partial charge >= 0.3 is 0 Å². The number of benzene rings is 3. The van der Waals surface area contributed by atoms with Crippen LogP contribution in [0.2, 0.25) is 10.0 Å². The highest BCUT2D eigenvalue weighted by molar-refractivity contribution is 7.89. The third-order valence-electron chi connectivity index (χ3n) is 4.83. The van der Waals surface area contributed by atoms with E-state index in [-0.39, 0.29) is 28.9 Å². The summed E-state index contributed by atoms with van der Waals surface area (Å²) in [4.78, 5) is 5.46. The first-order valence-corrected chi connectivity index (χ1v) is 12.7. The predicted octanol–water partition coefficient (Wildman–Crippen LogP) is 6.19. The molecule has 0 amide bonds. The van der Waals surface area contributed by atoms with Gasteiger partial charge in [0.15, 0.2) is 4.80 Å². The SMILES string of the molecule is Cl.Cn1c(-c2ccc(Cl)c(S(=O)(=O)NCc3ccccc3Cl)c2)cs/c1=N/c1ccccc1. The van der Waals surface area contributed by atoms with E-state index in [0.717, 1.165) is 21.7 Å². The van der Waals surface area contributed by atoms with Crippen molar-refractivity contribution in [3.63, 3.8) is 0 Å². The Balaban J connectivity index is 0.00000306. The zero-order chi connectivity index (χ0) is 22.7. The summed E-state index contributed by atoms with van der Waals surface area (Å²) in [6, 6.07) is 21.7. The lowest BCUT2D eigenvalue weighted by Crippen LogP contribution is -2.23. The van der Waals surface area contributed by atoms with Crippen molar-refractivity contribution in [2.24, 2.45) is 12.0 Å². The Bertz CT molecular complexity index is 1430. The van der Waals surface area contributed by atoms with Gasteiger partial charge in [0.05, 0.1) is 16.4 Å². The van der Waals surface area contributed by atoms with Gasteiger partial charge in [-0.3, -0.25) is 0 Å². The van der Waals surface area contributed by atoms with Crippen molar-refractivity contribution in [2.45, 2.75) is 11.4 Å². The first-order chi connectivity index (χ1) is 15.3. The molecule has 4 rings (SSSR count). The van der Waals surface area contributed by atoms with Crippen molar-refractivity contribution in [3.8, 4) is 11.3 Å². The molecule has 172 valence electrons. The molecule has 0 unspecified atom stereocenters. The maximum Gasteiger partial charge on any atom is 0.242 e. The van der Waals surface area contributed by atoms with Gasteiger partial charge in [0, 0.05) is 29.6 Å². The molecule has 1 N–H and O–H groups in total. The minimum atomic E-state index is -3.86. The Morgan fingerprint density at radius 3 is 2.39 bits per heavy atom. The number of halogens is 3. The van der Waals surface area contributed by atoms with Crippen molar-refractivity contribution < 1.29 is 8.42 Å². The highest BCUT2D eigenvalue weighted by atomic mass is 35.5. The minimum Gasteiger partial charge on any atom is -0.320 e. The van der Waals surface area contributed by atoms with Crippen molar-refractivity contribution in [3.05, 3.63) is 98.6 Å². The summed E-state index contributed by atoms with van der Waals surface area (Å²) in [6.07, 6.45) is 0. The monoisotopic (exact) mass is 539 g/mol. The highest BCUT2D eigenvalue weighted by Crippen LogP contribution is 2.29. The van der Waals surface area contributed by atoms with Crippen molar-refractivity contribution >= 4 is 62.7 Å². The van der Waals surface area contributed by atoms with E-state index in [1.807, 2.05) is 47.3 Å². The van der Waals surface area contributed by atoms with E-state index >= 15 is 0 Å². The van der Waals surface area contributed by atoms with Crippen LogP contribution >= 0.6 is 46.9 Å². The Hall–Kier alpha value is -2.13. The number of rotatable bonds is 6. The van der Waals surface area contributed by atoms with Gasteiger partial charge in [0.2, 0.25) is 10.0 Å². The second kappa shape index (κ2) is 10.9. The van der Waals surface area contributed by atoms with Crippen LogP contribution in [0.1, 0.15) is 5.56 Å². The molecule has 0 spiro atoms.